The lowest BCUT2D eigenvalue weighted by Gasteiger charge is -2.34. The highest BCUT2D eigenvalue weighted by Gasteiger charge is 2.50. The van der Waals surface area contributed by atoms with E-state index in [0.717, 1.165) is 16.9 Å². The molecule has 0 spiro atoms. The SMILES string of the molecule is COc1ccc(Cc2cc([C@@H]3[OH+][C@H](C[OH2+])[C@H](F)[C@H](O)[C@H]3O)ccc2Cl)cc1. The van der Waals surface area contributed by atoms with Crippen molar-refractivity contribution in [3.05, 3.63) is 64.2 Å². The normalized spacial score (nSPS) is 28.1. The maximum Gasteiger partial charge on any atom is 0.259 e. The topological polar surface area (TPSA) is 85.4 Å². The Morgan fingerprint density at radius 3 is 2.48 bits per heavy atom. The van der Waals surface area contributed by atoms with Gasteiger partial charge in [-0.2, -0.15) is 0 Å². The number of ether oxygens (including phenoxy) is 2. The Kier molecular flexibility index (Phi) is 6.34. The van der Waals surface area contributed by atoms with Crippen LogP contribution in [0.1, 0.15) is 22.8 Å². The molecule has 0 bridgehead atoms. The summed E-state index contributed by atoms with van der Waals surface area (Å²) in [6, 6.07) is 12.8. The van der Waals surface area contributed by atoms with E-state index in [0.29, 0.717) is 17.0 Å². The summed E-state index contributed by atoms with van der Waals surface area (Å²) in [7, 11) is 1.61. The molecule has 1 heterocycles. The highest BCUT2D eigenvalue weighted by Crippen LogP contribution is 2.33. The van der Waals surface area contributed by atoms with Gasteiger partial charge in [0.25, 0.3) is 6.10 Å². The van der Waals surface area contributed by atoms with E-state index >= 15 is 0 Å². The molecular weight excluding hydrogens is 375 g/mol. The van der Waals surface area contributed by atoms with E-state index in [1.54, 1.807) is 19.2 Å². The summed E-state index contributed by atoms with van der Waals surface area (Å²) in [5.41, 5.74) is 2.50. The van der Waals surface area contributed by atoms with Gasteiger partial charge in [-0.15, -0.1) is 0 Å². The Bertz CT molecular complexity index is 767. The third kappa shape index (κ3) is 4.25. The summed E-state index contributed by atoms with van der Waals surface area (Å²) >= 11 is 6.33. The van der Waals surface area contributed by atoms with E-state index in [2.05, 4.69) is 4.74 Å². The summed E-state index contributed by atoms with van der Waals surface area (Å²) in [6.07, 6.45) is -5.86. The number of aliphatic hydroxyl groups is 4. The van der Waals surface area contributed by atoms with Gasteiger partial charge < -0.3 is 24.8 Å². The zero-order chi connectivity index (χ0) is 19.6. The average molecular weight is 399 g/mol. The first-order valence-corrected chi connectivity index (χ1v) is 9.08. The minimum atomic E-state index is -1.74. The zero-order valence-electron chi connectivity index (χ0n) is 14.8. The van der Waals surface area contributed by atoms with Gasteiger partial charge in [-0.05, 0) is 47.9 Å². The van der Waals surface area contributed by atoms with Crippen LogP contribution in [0.25, 0.3) is 0 Å². The van der Waals surface area contributed by atoms with Gasteiger partial charge in [0.2, 0.25) is 18.9 Å². The predicted octanol–water partition coefficient (Wildman–Crippen LogP) is 1.68. The van der Waals surface area contributed by atoms with Gasteiger partial charge >= 0.3 is 0 Å². The highest BCUT2D eigenvalue weighted by molar-refractivity contribution is 6.31. The molecule has 27 heavy (non-hydrogen) atoms. The molecule has 0 radical (unpaired) electrons. The van der Waals surface area contributed by atoms with Crippen LogP contribution >= 0.6 is 11.6 Å². The minimum absolute atomic E-state index is 0.284. The molecule has 0 saturated carbocycles. The molecule has 5 N–H and O–H groups in total. The van der Waals surface area contributed by atoms with Crippen LogP contribution in [0.15, 0.2) is 42.5 Å². The van der Waals surface area contributed by atoms with Crippen molar-refractivity contribution in [1.82, 2.24) is 0 Å². The number of hydrogen-bond donors (Lipinski definition) is 2. The van der Waals surface area contributed by atoms with Crippen LogP contribution in [0, 0.1) is 0 Å². The summed E-state index contributed by atoms with van der Waals surface area (Å²) < 4.78 is 23.4. The van der Waals surface area contributed by atoms with Crippen LogP contribution < -0.4 is 4.74 Å². The largest absolute Gasteiger partial charge is 0.497 e. The number of halogens is 2. The molecular formula is C20H24ClFO5+2. The van der Waals surface area contributed by atoms with Crippen molar-refractivity contribution in [2.24, 2.45) is 0 Å². The Labute approximate surface area is 161 Å². The number of aliphatic hydroxyl groups excluding tert-OH is 2. The van der Waals surface area contributed by atoms with E-state index in [-0.39, 0.29) is 6.61 Å². The van der Waals surface area contributed by atoms with Gasteiger partial charge in [0, 0.05) is 10.6 Å². The Morgan fingerprint density at radius 1 is 1.15 bits per heavy atom. The monoisotopic (exact) mass is 398 g/mol. The van der Waals surface area contributed by atoms with E-state index in [1.807, 2.05) is 30.3 Å². The van der Waals surface area contributed by atoms with E-state index in [1.165, 1.54) is 0 Å². The van der Waals surface area contributed by atoms with E-state index in [9.17, 15) is 14.6 Å². The van der Waals surface area contributed by atoms with Crippen molar-refractivity contribution in [3.63, 3.8) is 0 Å². The first-order chi connectivity index (χ1) is 12.9. The lowest BCUT2D eigenvalue weighted by Crippen LogP contribution is -2.55. The van der Waals surface area contributed by atoms with Crippen LogP contribution in [-0.2, 0) is 6.42 Å². The van der Waals surface area contributed by atoms with Gasteiger partial charge in [0.1, 0.15) is 11.9 Å². The second kappa shape index (κ2) is 8.54. The fraction of sp³-hybridized carbons (Fsp3) is 0.400. The van der Waals surface area contributed by atoms with Gasteiger partial charge in [-0.1, -0.05) is 23.7 Å². The minimum Gasteiger partial charge on any atom is -0.497 e. The van der Waals surface area contributed by atoms with Crippen molar-refractivity contribution >= 4 is 11.6 Å². The molecule has 5 nitrogen and oxygen atoms in total. The van der Waals surface area contributed by atoms with E-state index in [4.69, 9.17) is 21.4 Å². The molecule has 2 aromatic carbocycles. The summed E-state index contributed by atoms with van der Waals surface area (Å²) in [5.74, 6) is 0.763. The second-order valence-corrected chi connectivity index (χ2v) is 7.07. The first kappa shape index (κ1) is 20.0. The summed E-state index contributed by atoms with van der Waals surface area (Å²) in [4.78, 5) is 0. The molecule has 146 valence electrons. The number of rotatable bonds is 5. The molecule has 5 atom stereocenters. The molecule has 0 aliphatic carbocycles. The fourth-order valence-corrected chi connectivity index (χ4v) is 3.49. The van der Waals surface area contributed by atoms with Crippen molar-refractivity contribution in [1.29, 1.82) is 0 Å². The molecule has 1 fully saturated rings. The number of hydrogen-bond acceptors (Lipinski definition) is 3. The van der Waals surface area contributed by atoms with Crippen LogP contribution in [0.4, 0.5) is 4.39 Å². The van der Waals surface area contributed by atoms with Gasteiger partial charge in [0.05, 0.1) is 7.11 Å². The third-order valence-corrected chi connectivity index (χ3v) is 5.26. The fourth-order valence-electron chi connectivity index (χ4n) is 3.31. The predicted molar refractivity (Wildman–Crippen MR) is 101 cm³/mol. The molecule has 0 unspecified atom stereocenters. The first-order valence-electron chi connectivity index (χ1n) is 8.70. The number of benzene rings is 2. The standard InChI is InChI=1S/C20H22ClFO5/c1-26-14-5-2-11(3-6-14)8-13-9-12(4-7-15(13)21)20-19(25)18(24)17(22)16(10-23)27-20/h2-7,9,16-20,23-25H,8,10H2,1H3/p+2/t16-,17+,18+,19-,20+/m1/s1. The molecule has 0 aromatic heterocycles. The van der Waals surface area contributed by atoms with Crippen LogP contribution in [-0.4, -0.2) is 58.3 Å². The Balaban J connectivity index is 1.85. The zero-order valence-corrected chi connectivity index (χ0v) is 15.6. The molecule has 3 rings (SSSR count). The van der Waals surface area contributed by atoms with E-state index < -0.39 is 30.6 Å². The molecule has 1 saturated heterocycles. The van der Waals surface area contributed by atoms with Gasteiger partial charge in [-0.25, -0.2) is 4.39 Å². The molecule has 2 aromatic rings. The van der Waals surface area contributed by atoms with Crippen LogP contribution in [0.5, 0.6) is 5.75 Å². The maximum absolute atomic E-state index is 14.0. The summed E-state index contributed by atoms with van der Waals surface area (Å²) in [5, 5.41) is 28.3. The molecule has 1 aliphatic heterocycles. The number of methoxy groups -OCH3 is 1. The third-order valence-electron chi connectivity index (χ3n) is 4.89. The Morgan fingerprint density at radius 2 is 1.85 bits per heavy atom. The lowest BCUT2D eigenvalue weighted by atomic mass is 9.90. The lowest BCUT2D eigenvalue weighted by molar-refractivity contribution is -0.293. The van der Waals surface area contributed by atoms with Crippen molar-refractivity contribution in [2.45, 2.75) is 37.0 Å². The van der Waals surface area contributed by atoms with Crippen molar-refractivity contribution in [2.75, 3.05) is 13.7 Å². The van der Waals surface area contributed by atoms with Crippen molar-refractivity contribution < 1.29 is 29.2 Å². The quantitative estimate of drug-likeness (QED) is 0.751. The second-order valence-electron chi connectivity index (χ2n) is 6.67. The van der Waals surface area contributed by atoms with Crippen LogP contribution in [0.3, 0.4) is 0 Å². The van der Waals surface area contributed by atoms with Crippen molar-refractivity contribution in [3.8, 4) is 5.75 Å². The average Bonchev–Trinajstić information content (AvgIpc) is 2.69. The van der Waals surface area contributed by atoms with Crippen LogP contribution in [0.2, 0.25) is 5.02 Å². The van der Waals surface area contributed by atoms with Gasteiger partial charge in [0.15, 0.2) is 6.10 Å². The summed E-state index contributed by atoms with van der Waals surface area (Å²) in [6.45, 7) is -0.284. The smallest absolute Gasteiger partial charge is 0.259 e. The van der Waals surface area contributed by atoms with Gasteiger partial charge in [-0.3, -0.25) is 0 Å². The molecule has 7 heteroatoms. The number of alkyl halides is 1. The molecule has 0 amide bonds. The molecule has 1 aliphatic rings. The maximum atomic E-state index is 14.0. The Hall–Kier alpha value is -1.70. The highest BCUT2D eigenvalue weighted by atomic mass is 35.5.